The Hall–Kier alpha value is -4.13. The molecule has 0 saturated carbocycles. The molecule has 0 bridgehead atoms. The SMILES string of the molecule is Cc1ccc(C)c(OCC(=O)NC(C)c2nc3ccccc3n2CC(=O)N(C)Cc2ccccc2)c1. The minimum Gasteiger partial charge on any atom is -0.483 e. The van der Waals surface area contributed by atoms with E-state index >= 15 is 0 Å². The van der Waals surface area contributed by atoms with Gasteiger partial charge in [0, 0.05) is 13.6 Å². The van der Waals surface area contributed by atoms with Crippen LogP contribution in [0.2, 0.25) is 0 Å². The smallest absolute Gasteiger partial charge is 0.258 e. The monoisotopic (exact) mass is 484 g/mol. The van der Waals surface area contributed by atoms with Crippen molar-refractivity contribution in [3.05, 3.63) is 95.3 Å². The predicted molar refractivity (Wildman–Crippen MR) is 141 cm³/mol. The Morgan fingerprint density at radius 3 is 2.53 bits per heavy atom. The zero-order valence-corrected chi connectivity index (χ0v) is 21.2. The number of carbonyl (C=O) groups excluding carboxylic acids is 2. The van der Waals surface area contributed by atoms with E-state index in [1.807, 2.05) is 98.1 Å². The summed E-state index contributed by atoms with van der Waals surface area (Å²) < 4.78 is 7.64. The number of hydrogen-bond donors (Lipinski definition) is 1. The fourth-order valence-corrected chi connectivity index (χ4v) is 4.15. The molecule has 1 N–H and O–H groups in total. The first-order chi connectivity index (χ1) is 17.3. The second-order valence-electron chi connectivity index (χ2n) is 9.13. The van der Waals surface area contributed by atoms with Gasteiger partial charge >= 0.3 is 0 Å². The molecule has 7 nitrogen and oxygen atoms in total. The second-order valence-corrected chi connectivity index (χ2v) is 9.13. The van der Waals surface area contributed by atoms with E-state index in [-0.39, 0.29) is 25.0 Å². The van der Waals surface area contributed by atoms with E-state index < -0.39 is 6.04 Å². The lowest BCUT2D eigenvalue weighted by atomic mass is 10.1. The number of imidazole rings is 1. The first-order valence-electron chi connectivity index (χ1n) is 12.0. The van der Waals surface area contributed by atoms with E-state index in [4.69, 9.17) is 9.72 Å². The molecule has 1 atom stereocenters. The van der Waals surface area contributed by atoms with Gasteiger partial charge in [0.2, 0.25) is 5.91 Å². The van der Waals surface area contributed by atoms with Crippen molar-refractivity contribution in [3.63, 3.8) is 0 Å². The Bertz CT molecular complexity index is 1360. The van der Waals surface area contributed by atoms with Gasteiger partial charge in [-0.2, -0.15) is 0 Å². The molecular weight excluding hydrogens is 452 g/mol. The van der Waals surface area contributed by atoms with Crippen LogP contribution in [-0.2, 0) is 22.7 Å². The lowest BCUT2D eigenvalue weighted by Gasteiger charge is -2.20. The Morgan fingerprint density at radius 1 is 1.03 bits per heavy atom. The van der Waals surface area contributed by atoms with E-state index in [2.05, 4.69) is 5.32 Å². The molecule has 1 heterocycles. The fourth-order valence-electron chi connectivity index (χ4n) is 4.15. The number of nitrogens with one attached hydrogen (secondary N) is 1. The van der Waals surface area contributed by atoms with Gasteiger partial charge < -0.3 is 19.5 Å². The summed E-state index contributed by atoms with van der Waals surface area (Å²) in [6, 6.07) is 23.0. The van der Waals surface area contributed by atoms with Crippen molar-refractivity contribution in [3.8, 4) is 5.75 Å². The molecule has 0 radical (unpaired) electrons. The molecule has 7 heteroatoms. The number of nitrogens with zero attached hydrogens (tertiary/aromatic N) is 3. The number of aryl methyl sites for hydroxylation is 2. The first-order valence-corrected chi connectivity index (χ1v) is 12.0. The van der Waals surface area contributed by atoms with Crippen LogP contribution in [0.3, 0.4) is 0 Å². The Kier molecular flexibility index (Phi) is 7.68. The molecule has 186 valence electrons. The number of hydrogen-bond acceptors (Lipinski definition) is 4. The van der Waals surface area contributed by atoms with Crippen molar-refractivity contribution >= 4 is 22.8 Å². The summed E-state index contributed by atoms with van der Waals surface area (Å²) in [7, 11) is 1.80. The number of aromatic nitrogens is 2. The molecule has 2 amide bonds. The normalized spacial score (nSPS) is 11.8. The molecule has 1 unspecified atom stereocenters. The minimum absolute atomic E-state index is 0.0416. The third-order valence-electron chi connectivity index (χ3n) is 6.13. The van der Waals surface area contributed by atoms with Gasteiger partial charge in [-0.15, -0.1) is 0 Å². The first kappa shape index (κ1) is 25.0. The van der Waals surface area contributed by atoms with E-state index in [0.717, 1.165) is 27.7 Å². The van der Waals surface area contributed by atoms with Gasteiger partial charge in [-0.05, 0) is 55.7 Å². The zero-order valence-electron chi connectivity index (χ0n) is 21.2. The number of benzene rings is 3. The van der Waals surface area contributed by atoms with Crippen LogP contribution >= 0.6 is 0 Å². The summed E-state index contributed by atoms with van der Waals surface area (Å²) in [5, 5.41) is 2.97. The quantitative estimate of drug-likeness (QED) is 0.378. The number of para-hydroxylation sites is 2. The number of carbonyl (C=O) groups is 2. The van der Waals surface area contributed by atoms with Crippen LogP contribution in [-0.4, -0.2) is 39.9 Å². The number of fused-ring (bicyclic) bond motifs is 1. The number of ether oxygens (including phenoxy) is 1. The average Bonchev–Trinajstić information content (AvgIpc) is 3.23. The van der Waals surface area contributed by atoms with Gasteiger partial charge in [-0.3, -0.25) is 9.59 Å². The van der Waals surface area contributed by atoms with E-state index in [1.165, 1.54) is 0 Å². The van der Waals surface area contributed by atoms with E-state index in [1.54, 1.807) is 11.9 Å². The topological polar surface area (TPSA) is 76.5 Å². The van der Waals surface area contributed by atoms with Crippen molar-refractivity contribution in [2.24, 2.45) is 0 Å². The number of likely N-dealkylation sites (N-methyl/N-ethyl adjacent to an activating group) is 1. The van der Waals surface area contributed by atoms with Gasteiger partial charge in [-0.1, -0.05) is 54.6 Å². The van der Waals surface area contributed by atoms with Crippen LogP contribution in [0.4, 0.5) is 0 Å². The third kappa shape index (κ3) is 5.92. The van der Waals surface area contributed by atoms with Crippen LogP contribution in [0.5, 0.6) is 5.75 Å². The summed E-state index contributed by atoms with van der Waals surface area (Å²) in [5.41, 5.74) is 4.73. The highest BCUT2D eigenvalue weighted by molar-refractivity contribution is 5.82. The van der Waals surface area contributed by atoms with Crippen molar-refractivity contribution in [1.82, 2.24) is 19.8 Å². The maximum atomic E-state index is 13.1. The summed E-state index contributed by atoms with van der Waals surface area (Å²) >= 11 is 0. The molecule has 3 aromatic carbocycles. The molecular formula is C29H32N4O3. The van der Waals surface area contributed by atoms with Crippen molar-refractivity contribution in [2.45, 2.75) is 39.9 Å². The molecule has 0 aliphatic heterocycles. The van der Waals surface area contributed by atoms with Gasteiger partial charge in [-0.25, -0.2) is 4.98 Å². The molecule has 0 saturated heterocycles. The summed E-state index contributed by atoms with van der Waals surface area (Å²) in [6.45, 7) is 6.34. The standard InChI is InChI=1S/C29H32N4O3/c1-20-14-15-21(2)26(16-20)36-19-27(34)30-22(3)29-31-24-12-8-9-13-25(24)33(29)18-28(35)32(4)17-23-10-6-5-7-11-23/h5-16,22H,17-19H2,1-4H3,(H,30,34). The Morgan fingerprint density at radius 2 is 1.75 bits per heavy atom. The summed E-state index contributed by atoms with van der Waals surface area (Å²) in [6.07, 6.45) is 0. The predicted octanol–water partition coefficient (Wildman–Crippen LogP) is 4.57. The highest BCUT2D eigenvalue weighted by Crippen LogP contribution is 2.22. The van der Waals surface area contributed by atoms with Gasteiger partial charge in [0.05, 0.1) is 17.1 Å². The maximum absolute atomic E-state index is 13.1. The molecule has 0 fully saturated rings. The van der Waals surface area contributed by atoms with Crippen molar-refractivity contribution < 1.29 is 14.3 Å². The maximum Gasteiger partial charge on any atom is 0.258 e. The number of amides is 2. The highest BCUT2D eigenvalue weighted by atomic mass is 16.5. The molecule has 0 spiro atoms. The molecule has 0 aliphatic rings. The fraction of sp³-hybridized carbons (Fsp3) is 0.276. The molecule has 36 heavy (non-hydrogen) atoms. The summed E-state index contributed by atoms with van der Waals surface area (Å²) in [5.74, 6) is 1.02. The summed E-state index contributed by atoms with van der Waals surface area (Å²) in [4.78, 5) is 32.3. The van der Waals surface area contributed by atoms with Crippen LogP contribution in [0.1, 0.15) is 35.5 Å². The molecule has 4 rings (SSSR count). The van der Waals surface area contributed by atoms with Crippen LogP contribution in [0.25, 0.3) is 11.0 Å². The van der Waals surface area contributed by atoms with Crippen LogP contribution < -0.4 is 10.1 Å². The third-order valence-corrected chi connectivity index (χ3v) is 6.13. The Labute approximate surface area is 211 Å². The van der Waals surface area contributed by atoms with E-state index in [0.29, 0.717) is 18.1 Å². The van der Waals surface area contributed by atoms with Gasteiger partial charge in [0.15, 0.2) is 6.61 Å². The van der Waals surface area contributed by atoms with Crippen LogP contribution in [0, 0.1) is 13.8 Å². The van der Waals surface area contributed by atoms with E-state index in [9.17, 15) is 9.59 Å². The molecule has 0 aliphatic carbocycles. The highest BCUT2D eigenvalue weighted by Gasteiger charge is 2.21. The minimum atomic E-state index is -0.417. The van der Waals surface area contributed by atoms with Crippen molar-refractivity contribution in [1.29, 1.82) is 0 Å². The lowest BCUT2D eigenvalue weighted by Crippen LogP contribution is -2.34. The second kappa shape index (κ2) is 11.1. The van der Waals surface area contributed by atoms with Crippen LogP contribution in [0.15, 0.2) is 72.8 Å². The van der Waals surface area contributed by atoms with Crippen molar-refractivity contribution in [2.75, 3.05) is 13.7 Å². The van der Waals surface area contributed by atoms with Gasteiger partial charge in [0.1, 0.15) is 18.1 Å². The van der Waals surface area contributed by atoms with Gasteiger partial charge in [0.25, 0.3) is 5.91 Å². The molecule has 1 aromatic heterocycles. The average molecular weight is 485 g/mol. The lowest BCUT2D eigenvalue weighted by molar-refractivity contribution is -0.131. The molecule has 4 aromatic rings. The largest absolute Gasteiger partial charge is 0.483 e. The zero-order chi connectivity index (χ0) is 25.7. The Balaban J connectivity index is 1.47. The number of rotatable bonds is 9.